The number of benzene rings is 2. The Bertz CT molecular complexity index is 924. The second-order valence-corrected chi connectivity index (χ2v) is 9.99. The van der Waals surface area contributed by atoms with E-state index in [1.54, 1.807) is 0 Å². The number of likely N-dealkylation sites (tertiary alicyclic amines) is 1. The lowest BCUT2D eigenvalue weighted by atomic mass is 9.83. The lowest BCUT2D eigenvalue weighted by molar-refractivity contribution is -0.149. The van der Waals surface area contributed by atoms with Crippen LogP contribution in [0.1, 0.15) is 55.0 Å². The van der Waals surface area contributed by atoms with Gasteiger partial charge in [-0.15, -0.1) is 0 Å². The molecule has 1 aliphatic heterocycles. The van der Waals surface area contributed by atoms with Crippen molar-refractivity contribution in [3.63, 3.8) is 0 Å². The van der Waals surface area contributed by atoms with E-state index in [0.717, 1.165) is 31.5 Å². The molecule has 1 aliphatic rings. The van der Waals surface area contributed by atoms with Gasteiger partial charge in [0.25, 0.3) is 0 Å². The third-order valence-electron chi connectivity index (χ3n) is 6.38. The first-order valence-corrected chi connectivity index (χ1v) is 11.4. The second kappa shape index (κ2) is 9.30. The predicted molar refractivity (Wildman–Crippen MR) is 130 cm³/mol. The third-order valence-corrected chi connectivity index (χ3v) is 6.38. The Kier molecular flexibility index (Phi) is 6.93. The molecule has 31 heavy (non-hydrogen) atoms. The number of carbonyl (C=O) groups is 1. The molecule has 0 radical (unpaired) electrons. The van der Waals surface area contributed by atoms with Crippen LogP contribution in [0.3, 0.4) is 0 Å². The molecular weight excluding hydrogens is 380 g/mol. The largest absolute Gasteiger partial charge is 0.361 e. The fourth-order valence-electron chi connectivity index (χ4n) is 4.80. The summed E-state index contributed by atoms with van der Waals surface area (Å²) in [5.74, 6) is 0.822. The number of carbonyl (C=O) groups excluding carboxylic acids is 1. The van der Waals surface area contributed by atoms with E-state index in [-0.39, 0.29) is 5.91 Å². The van der Waals surface area contributed by atoms with Crippen LogP contribution >= 0.6 is 0 Å². The number of likely N-dealkylation sites (N-methyl/N-ethyl adjacent to an activating group) is 1. The molecule has 0 saturated carbocycles. The van der Waals surface area contributed by atoms with Crippen molar-refractivity contribution in [2.45, 2.75) is 66.0 Å². The van der Waals surface area contributed by atoms with Gasteiger partial charge < -0.3 is 9.80 Å². The highest BCUT2D eigenvalue weighted by Gasteiger charge is 2.48. The van der Waals surface area contributed by atoms with Crippen molar-refractivity contribution in [1.82, 2.24) is 9.80 Å². The minimum absolute atomic E-state index is 0.173. The van der Waals surface area contributed by atoms with Crippen molar-refractivity contribution < 1.29 is 4.79 Å². The molecular formula is C28H38N2O. The molecule has 1 fully saturated rings. The molecule has 166 valence electrons. The third kappa shape index (κ3) is 5.39. The number of aryl methyl sites for hydroxylation is 2. The van der Waals surface area contributed by atoms with Crippen molar-refractivity contribution in [3.8, 4) is 0 Å². The van der Waals surface area contributed by atoms with E-state index >= 15 is 0 Å². The molecule has 2 aromatic carbocycles. The molecule has 0 spiro atoms. The Morgan fingerprint density at radius 3 is 2.16 bits per heavy atom. The number of rotatable bonds is 8. The molecule has 1 atom stereocenters. The monoisotopic (exact) mass is 418 g/mol. The first-order valence-electron chi connectivity index (χ1n) is 11.4. The summed E-state index contributed by atoms with van der Waals surface area (Å²) < 4.78 is 0. The van der Waals surface area contributed by atoms with E-state index in [2.05, 4.69) is 88.6 Å². The van der Waals surface area contributed by atoms with Gasteiger partial charge in [-0.25, -0.2) is 0 Å². The van der Waals surface area contributed by atoms with Crippen molar-refractivity contribution >= 4 is 5.91 Å². The van der Waals surface area contributed by atoms with Crippen LogP contribution in [0.5, 0.6) is 0 Å². The van der Waals surface area contributed by atoms with Crippen molar-refractivity contribution in [3.05, 3.63) is 82.6 Å². The fraction of sp³-hybridized carbons (Fsp3) is 0.464. The van der Waals surface area contributed by atoms with Gasteiger partial charge in [0.15, 0.2) is 0 Å². The molecule has 0 N–H and O–H groups in total. The Hall–Kier alpha value is -2.55. The number of nitrogens with zero attached hydrogens (tertiary/aromatic N) is 2. The average Bonchev–Trinajstić information content (AvgIpc) is 2.66. The Morgan fingerprint density at radius 2 is 1.65 bits per heavy atom. The maximum Gasteiger partial charge on any atom is 0.248 e. The molecule has 3 heteroatoms. The summed E-state index contributed by atoms with van der Waals surface area (Å²) in [5, 5.41) is 0. The summed E-state index contributed by atoms with van der Waals surface area (Å²) in [7, 11) is 1.92. The van der Waals surface area contributed by atoms with Gasteiger partial charge in [0, 0.05) is 32.3 Å². The van der Waals surface area contributed by atoms with Crippen LogP contribution in [0.4, 0.5) is 0 Å². The zero-order valence-electron chi connectivity index (χ0n) is 20.2. The Labute approximate surface area is 188 Å². The van der Waals surface area contributed by atoms with Gasteiger partial charge >= 0.3 is 0 Å². The molecule has 2 aromatic rings. The van der Waals surface area contributed by atoms with Crippen LogP contribution in [0.15, 0.2) is 54.7 Å². The number of hydrogen-bond acceptors (Lipinski definition) is 2. The van der Waals surface area contributed by atoms with Crippen LogP contribution in [0.25, 0.3) is 0 Å². The summed E-state index contributed by atoms with van der Waals surface area (Å²) in [6.45, 7) is 16.7. The molecule has 1 unspecified atom stereocenters. The zero-order valence-corrected chi connectivity index (χ0v) is 20.2. The normalized spacial score (nSPS) is 18.1. The van der Waals surface area contributed by atoms with Gasteiger partial charge in [0.05, 0.1) is 0 Å². The lowest BCUT2D eigenvalue weighted by Gasteiger charge is -2.53. The fourth-order valence-corrected chi connectivity index (χ4v) is 4.80. The molecule has 1 amide bonds. The van der Waals surface area contributed by atoms with Gasteiger partial charge in [0.1, 0.15) is 5.54 Å². The predicted octanol–water partition coefficient (Wildman–Crippen LogP) is 5.68. The van der Waals surface area contributed by atoms with Crippen LogP contribution in [-0.2, 0) is 24.2 Å². The van der Waals surface area contributed by atoms with Gasteiger partial charge in [0.2, 0.25) is 5.91 Å². The van der Waals surface area contributed by atoms with Gasteiger partial charge in [-0.05, 0) is 56.2 Å². The van der Waals surface area contributed by atoms with Gasteiger partial charge in [-0.2, -0.15) is 0 Å². The number of hydrogen-bond donors (Lipinski definition) is 0. The topological polar surface area (TPSA) is 23.6 Å². The number of allylic oxidation sites excluding steroid dienone is 1. The Morgan fingerprint density at radius 1 is 1.06 bits per heavy atom. The molecule has 1 heterocycles. The molecule has 3 nitrogen and oxygen atoms in total. The van der Waals surface area contributed by atoms with E-state index in [9.17, 15) is 4.79 Å². The van der Waals surface area contributed by atoms with E-state index in [4.69, 9.17) is 0 Å². The summed E-state index contributed by atoms with van der Waals surface area (Å²) >= 11 is 0. The van der Waals surface area contributed by atoms with Gasteiger partial charge in [-0.3, -0.25) is 4.79 Å². The van der Waals surface area contributed by atoms with E-state index in [1.165, 1.54) is 27.8 Å². The van der Waals surface area contributed by atoms with Crippen LogP contribution in [0, 0.1) is 19.8 Å². The second-order valence-electron chi connectivity index (χ2n) is 9.99. The first-order chi connectivity index (χ1) is 14.6. The lowest BCUT2D eigenvalue weighted by Crippen LogP contribution is -2.65. The molecule has 0 aromatic heterocycles. The SMILES string of the molecule is C=C(Cc1cc(C)cc(C)c1)N1CCC1(C)C(=O)N(C)Cc1ccc(CC(C)C)cc1. The average molecular weight is 419 g/mol. The summed E-state index contributed by atoms with van der Waals surface area (Å²) in [5.41, 5.74) is 6.85. The van der Waals surface area contributed by atoms with E-state index in [1.807, 2.05) is 11.9 Å². The first kappa shape index (κ1) is 23.1. The maximum absolute atomic E-state index is 13.4. The van der Waals surface area contributed by atoms with E-state index in [0.29, 0.717) is 12.5 Å². The molecule has 0 bridgehead atoms. The molecule has 1 saturated heterocycles. The molecule has 3 rings (SSSR count). The van der Waals surface area contributed by atoms with Crippen molar-refractivity contribution in [1.29, 1.82) is 0 Å². The summed E-state index contributed by atoms with van der Waals surface area (Å²) in [4.78, 5) is 17.5. The minimum Gasteiger partial charge on any atom is -0.361 e. The number of amides is 1. The minimum atomic E-state index is -0.498. The quantitative estimate of drug-likeness (QED) is 0.550. The summed E-state index contributed by atoms with van der Waals surface area (Å²) in [6.07, 6.45) is 2.74. The smallest absolute Gasteiger partial charge is 0.248 e. The Balaban J connectivity index is 1.63. The van der Waals surface area contributed by atoms with Crippen LogP contribution in [0.2, 0.25) is 0 Å². The van der Waals surface area contributed by atoms with E-state index < -0.39 is 5.54 Å². The van der Waals surface area contributed by atoms with Crippen molar-refractivity contribution in [2.75, 3.05) is 13.6 Å². The highest BCUT2D eigenvalue weighted by molar-refractivity contribution is 5.87. The molecule has 0 aliphatic carbocycles. The summed E-state index contributed by atoms with van der Waals surface area (Å²) in [6, 6.07) is 15.3. The van der Waals surface area contributed by atoms with Crippen LogP contribution < -0.4 is 0 Å². The van der Waals surface area contributed by atoms with Crippen LogP contribution in [-0.4, -0.2) is 34.8 Å². The highest BCUT2D eigenvalue weighted by Crippen LogP contribution is 2.36. The van der Waals surface area contributed by atoms with Crippen molar-refractivity contribution in [2.24, 2.45) is 5.92 Å². The highest BCUT2D eigenvalue weighted by atomic mass is 16.2. The van der Waals surface area contributed by atoms with Gasteiger partial charge in [-0.1, -0.05) is 74.0 Å². The zero-order chi connectivity index (χ0) is 22.8. The standard InChI is InChI=1S/C28H38N2O/c1-20(2)14-24-8-10-25(11-9-24)19-29(7)27(31)28(6)12-13-30(28)23(5)18-26-16-21(3)15-22(4)17-26/h8-11,15-17,20H,5,12-14,18-19H2,1-4,6-7H3. The maximum atomic E-state index is 13.4.